The van der Waals surface area contributed by atoms with Gasteiger partial charge in [0.25, 0.3) is 5.91 Å². The Morgan fingerprint density at radius 2 is 1.74 bits per heavy atom. The molecule has 3 N–H and O–H groups in total. The molecule has 1 heterocycles. The third-order valence-corrected chi connectivity index (χ3v) is 5.25. The molecule has 0 fully saturated rings. The fourth-order valence-electron chi connectivity index (χ4n) is 3.39. The number of aliphatic imine (C=N–C) groups is 1. The molecule has 182 valence electrons. The lowest BCUT2D eigenvalue weighted by Gasteiger charge is -2.14. The molecule has 34 heavy (non-hydrogen) atoms. The Kier molecular flexibility index (Phi) is 12.2. The van der Waals surface area contributed by atoms with Crippen LogP contribution in [0.25, 0.3) is 0 Å². The van der Waals surface area contributed by atoms with Crippen molar-refractivity contribution in [2.75, 3.05) is 13.1 Å². The number of carbonyl (C=O) groups is 1. The minimum absolute atomic E-state index is 0. The molecule has 3 aromatic rings. The minimum Gasteiger partial charge on any atom is -0.357 e. The number of carbonyl (C=O) groups excluding carboxylic acids is 1. The van der Waals surface area contributed by atoms with Crippen molar-refractivity contribution in [3.8, 4) is 0 Å². The monoisotopic (exact) mass is 574 g/mol. The number of guanidine groups is 1. The number of amides is 1. The molecule has 7 nitrogen and oxygen atoms in total. The van der Waals surface area contributed by atoms with Gasteiger partial charge in [-0.3, -0.25) is 9.48 Å². The maximum absolute atomic E-state index is 12.2. The highest BCUT2D eigenvalue weighted by Crippen LogP contribution is 2.10. The van der Waals surface area contributed by atoms with Crippen LogP contribution < -0.4 is 16.0 Å². The molecule has 1 aromatic heterocycles. The van der Waals surface area contributed by atoms with Crippen LogP contribution in [-0.4, -0.2) is 34.7 Å². The number of nitrogens with zero attached hydrogens (tertiary/aromatic N) is 3. The molecule has 0 bridgehead atoms. The van der Waals surface area contributed by atoms with Gasteiger partial charge < -0.3 is 16.0 Å². The molecular weight excluding hydrogens is 539 g/mol. The van der Waals surface area contributed by atoms with Gasteiger partial charge in [-0.2, -0.15) is 5.10 Å². The fourth-order valence-corrected chi connectivity index (χ4v) is 3.39. The number of hydrogen-bond acceptors (Lipinski definition) is 3. The molecule has 0 spiro atoms. The summed E-state index contributed by atoms with van der Waals surface area (Å²) in [7, 11) is 0. The van der Waals surface area contributed by atoms with E-state index in [1.807, 2.05) is 47.3 Å². The molecule has 0 unspecified atom stereocenters. The number of nitrogens with one attached hydrogen (secondary N) is 3. The van der Waals surface area contributed by atoms with E-state index in [2.05, 4.69) is 53.1 Å². The Morgan fingerprint density at radius 1 is 0.971 bits per heavy atom. The predicted molar refractivity (Wildman–Crippen MR) is 149 cm³/mol. The molecule has 0 radical (unpaired) electrons. The first kappa shape index (κ1) is 27.4. The summed E-state index contributed by atoms with van der Waals surface area (Å²) >= 11 is 0. The van der Waals surface area contributed by atoms with Crippen LogP contribution in [0.3, 0.4) is 0 Å². The molecule has 3 rings (SSSR count). The highest BCUT2D eigenvalue weighted by Gasteiger charge is 2.06. The SMILES string of the molecule is CCCCNC(=O)c1ccc(CN=C(NCC)NCc2ccccc2Cn2cccn2)cc1.I. The van der Waals surface area contributed by atoms with E-state index < -0.39 is 0 Å². The summed E-state index contributed by atoms with van der Waals surface area (Å²) in [5, 5.41) is 14.0. The summed E-state index contributed by atoms with van der Waals surface area (Å²) in [6, 6.07) is 17.9. The second kappa shape index (κ2) is 15.1. The second-order valence-corrected chi connectivity index (χ2v) is 7.83. The topological polar surface area (TPSA) is 83.3 Å². The van der Waals surface area contributed by atoms with Crippen molar-refractivity contribution >= 4 is 35.8 Å². The van der Waals surface area contributed by atoms with Crippen LogP contribution in [0.15, 0.2) is 72.0 Å². The third kappa shape index (κ3) is 8.81. The van der Waals surface area contributed by atoms with E-state index >= 15 is 0 Å². The van der Waals surface area contributed by atoms with Crippen LogP contribution in [0, 0.1) is 0 Å². The zero-order valence-corrected chi connectivity index (χ0v) is 22.3. The van der Waals surface area contributed by atoms with Gasteiger partial charge in [-0.15, -0.1) is 24.0 Å². The molecule has 0 saturated heterocycles. The highest BCUT2D eigenvalue weighted by atomic mass is 127. The predicted octanol–water partition coefficient (Wildman–Crippen LogP) is 4.33. The van der Waals surface area contributed by atoms with Gasteiger partial charge in [0, 0.05) is 37.6 Å². The summed E-state index contributed by atoms with van der Waals surface area (Å²) in [6.07, 6.45) is 5.82. The maximum Gasteiger partial charge on any atom is 0.251 e. The van der Waals surface area contributed by atoms with Gasteiger partial charge in [-0.1, -0.05) is 49.7 Å². The Hall–Kier alpha value is -2.88. The molecule has 0 aliphatic carbocycles. The number of halogens is 1. The van der Waals surface area contributed by atoms with Gasteiger partial charge in [0.15, 0.2) is 5.96 Å². The molecule has 0 atom stereocenters. The lowest BCUT2D eigenvalue weighted by atomic mass is 10.1. The molecule has 2 aromatic carbocycles. The largest absolute Gasteiger partial charge is 0.357 e. The molecular formula is C26H35IN6O. The van der Waals surface area contributed by atoms with Crippen molar-refractivity contribution in [2.45, 2.75) is 46.3 Å². The highest BCUT2D eigenvalue weighted by molar-refractivity contribution is 14.0. The van der Waals surface area contributed by atoms with E-state index in [1.165, 1.54) is 11.1 Å². The summed E-state index contributed by atoms with van der Waals surface area (Å²) in [5.41, 5.74) is 4.16. The first-order valence-corrected chi connectivity index (χ1v) is 11.6. The Balaban J connectivity index is 0.00000408. The Morgan fingerprint density at radius 3 is 2.41 bits per heavy atom. The van der Waals surface area contributed by atoms with Crippen LogP contribution in [0.2, 0.25) is 0 Å². The standard InChI is InChI=1S/C26H34N6O.HI/c1-3-5-15-28-25(33)22-13-11-21(12-14-22)18-29-26(27-4-2)30-19-23-9-6-7-10-24(23)20-32-17-8-16-31-32;/h6-14,16-17H,3-5,15,18-20H2,1-2H3,(H,28,33)(H2,27,29,30);1H. The number of hydrogen-bond donors (Lipinski definition) is 3. The third-order valence-electron chi connectivity index (χ3n) is 5.25. The number of unbranched alkanes of at least 4 members (excludes halogenated alkanes) is 1. The molecule has 0 saturated carbocycles. The average Bonchev–Trinajstić information content (AvgIpc) is 3.35. The zero-order valence-electron chi connectivity index (χ0n) is 20.0. The number of benzene rings is 2. The van der Waals surface area contributed by atoms with E-state index in [0.717, 1.165) is 37.5 Å². The lowest BCUT2D eigenvalue weighted by molar-refractivity contribution is 0.0953. The number of aromatic nitrogens is 2. The Bertz CT molecular complexity index is 1020. The van der Waals surface area contributed by atoms with E-state index in [4.69, 9.17) is 4.99 Å². The van der Waals surface area contributed by atoms with Gasteiger partial charge in [0.2, 0.25) is 0 Å². The van der Waals surface area contributed by atoms with E-state index in [9.17, 15) is 4.79 Å². The first-order valence-electron chi connectivity index (χ1n) is 11.6. The van der Waals surface area contributed by atoms with Crippen LogP contribution in [-0.2, 0) is 19.6 Å². The van der Waals surface area contributed by atoms with Gasteiger partial charge in [-0.25, -0.2) is 4.99 Å². The lowest BCUT2D eigenvalue weighted by Crippen LogP contribution is -2.37. The van der Waals surface area contributed by atoms with Crippen molar-refractivity contribution < 1.29 is 4.79 Å². The Labute approximate surface area is 219 Å². The zero-order chi connectivity index (χ0) is 23.3. The summed E-state index contributed by atoms with van der Waals surface area (Å²) in [6.45, 7) is 7.58. The van der Waals surface area contributed by atoms with Gasteiger partial charge >= 0.3 is 0 Å². The van der Waals surface area contributed by atoms with E-state index in [1.54, 1.807) is 6.20 Å². The quantitative estimate of drug-likeness (QED) is 0.138. The second-order valence-electron chi connectivity index (χ2n) is 7.83. The average molecular weight is 575 g/mol. The summed E-state index contributed by atoms with van der Waals surface area (Å²) in [4.78, 5) is 16.9. The van der Waals surface area contributed by atoms with Crippen molar-refractivity contribution in [3.05, 3.63) is 89.2 Å². The van der Waals surface area contributed by atoms with Crippen LogP contribution in [0.4, 0.5) is 0 Å². The normalized spacial score (nSPS) is 10.9. The molecule has 0 aliphatic heterocycles. The number of rotatable bonds is 11. The van der Waals surface area contributed by atoms with Gasteiger partial charge in [-0.05, 0) is 48.2 Å². The van der Waals surface area contributed by atoms with Crippen LogP contribution in [0.1, 0.15) is 53.7 Å². The van der Waals surface area contributed by atoms with Crippen molar-refractivity contribution in [1.82, 2.24) is 25.7 Å². The van der Waals surface area contributed by atoms with Gasteiger partial charge in [0.05, 0.1) is 13.1 Å². The molecule has 1 amide bonds. The van der Waals surface area contributed by atoms with Crippen molar-refractivity contribution in [3.63, 3.8) is 0 Å². The van der Waals surface area contributed by atoms with E-state index in [0.29, 0.717) is 25.2 Å². The molecule has 0 aliphatic rings. The summed E-state index contributed by atoms with van der Waals surface area (Å²) in [5.74, 6) is 0.732. The van der Waals surface area contributed by atoms with Crippen LogP contribution >= 0.6 is 24.0 Å². The van der Waals surface area contributed by atoms with Crippen molar-refractivity contribution in [2.24, 2.45) is 4.99 Å². The smallest absolute Gasteiger partial charge is 0.251 e. The van der Waals surface area contributed by atoms with Crippen LogP contribution in [0.5, 0.6) is 0 Å². The van der Waals surface area contributed by atoms with E-state index in [-0.39, 0.29) is 29.9 Å². The fraction of sp³-hybridized carbons (Fsp3) is 0.346. The minimum atomic E-state index is -0.0257. The van der Waals surface area contributed by atoms with Crippen molar-refractivity contribution in [1.29, 1.82) is 0 Å². The maximum atomic E-state index is 12.2. The van der Waals surface area contributed by atoms with Gasteiger partial charge in [0.1, 0.15) is 0 Å². The molecule has 8 heteroatoms. The first-order chi connectivity index (χ1) is 16.2. The summed E-state index contributed by atoms with van der Waals surface area (Å²) < 4.78 is 1.92.